The first-order valence-electron chi connectivity index (χ1n) is 8.40. The number of nitrogens with two attached hydrogens (primary N) is 2. The molecule has 0 fully saturated rings. The molecule has 136 valence electrons. The number of rotatable bonds is 4. The Bertz CT molecular complexity index is 1110. The quantitative estimate of drug-likeness (QED) is 0.513. The van der Waals surface area contributed by atoms with Gasteiger partial charge in [0.05, 0.1) is 17.1 Å². The number of nitrogen functional groups attached to an aromatic ring is 2. The zero-order valence-corrected chi connectivity index (χ0v) is 14.6. The van der Waals surface area contributed by atoms with E-state index in [9.17, 15) is 4.39 Å². The number of fused-ring (bicyclic) bond motifs is 1. The molecule has 7 nitrogen and oxygen atoms in total. The maximum Gasteiger partial charge on any atom is 0.155 e. The van der Waals surface area contributed by atoms with Crippen LogP contribution in [0.3, 0.4) is 0 Å². The highest BCUT2D eigenvalue weighted by atomic mass is 19.1. The van der Waals surface area contributed by atoms with Gasteiger partial charge in [0.15, 0.2) is 11.6 Å². The summed E-state index contributed by atoms with van der Waals surface area (Å²) >= 11 is 0. The van der Waals surface area contributed by atoms with E-state index in [4.69, 9.17) is 16.5 Å². The molecule has 0 aliphatic carbocycles. The van der Waals surface area contributed by atoms with Crippen LogP contribution >= 0.6 is 0 Å². The number of nitrogens with one attached hydrogen (secondary N) is 1. The van der Waals surface area contributed by atoms with Crippen LogP contribution in [0, 0.1) is 5.82 Å². The lowest BCUT2D eigenvalue weighted by atomic mass is 10.2. The molecule has 0 aliphatic heterocycles. The maximum absolute atomic E-state index is 13.9. The molecule has 0 bridgehead atoms. The third kappa shape index (κ3) is 3.01. The van der Waals surface area contributed by atoms with Crippen LogP contribution in [-0.4, -0.2) is 19.5 Å². The van der Waals surface area contributed by atoms with E-state index in [-0.39, 0.29) is 23.4 Å². The molecular weight excluding hydrogens is 345 g/mol. The van der Waals surface area contributed by atoms with Gasteiger partial charge in [-0.25, -0.2) is 19.3 Å². The minimum atomic E-state index is -0.320. The van der Waals surface area contributed by atoms with E-state index in [2.05, 4.69) is 15.3 Å². The van der Waals surface area contributed by atoms with Crippen molar-refractivity contribution in [3.63, 3.8) is 0 Å². The predicted octanol–water partition coefficient (Wildman–Crippen LogP) is 3.29. The number of benzene rings is 2. The summed E-state index contributed by atoms with van der Waals surface area (Å²) < 4.78 is 15.8. The lowest BCUT2D eigenvalue weighted by Crippen LogP contribution is -2.15. The first-order valence-corrected chi connectivity index (χ1v) is 8.40. The molecule has 0 saturated carbocycles. The lowest BCUT2D eigenvalue weighted by molar-refractivity contribution is 0.629. The van der Waals surface area contributed by atoms with Gasteiger partial charge in [-0.05, 0) is 31.2 Å². The molecule has 0 spiro atoms. The smallest absolute Gasteiger partial charge is 0.155 e. The second kappa shape index (κ2) is 6.56. The van der Waals surface area contributed by atoms with Crippen LogP contribution in [0.1, 0.15) is 18.8 Å². The van der Waals surface area contributed by atoms with Gasteiger partial charge >= 0.3 is 0 Å². The van der Waals surface area contributed by atoms with Crippen molar-refractivity contribution >= 4 is 28.4 Å². The van der Waals surface area contributed by atoms with Gasteiger partial charge in [-0.15, -0.1) is 0 Å². The van der Waals surface area contributed by atoms with Crippen molar-refractivity contribution < 1.29 is 4.39 Å². The third-order valence-corrected chi connectivity index (χ3v) is 4.31. The van der Waals surface area contributed by atoms with E-state index < -0.39 is 0 Å². The van der Waals surface area contributed by atoms with Crippen LogP contribution in [-0.2, 0) is 0 Å². The molecule has 0 amide bonds. The first-order chi connectivity index (χ1) is 13.0. The zero-order chi connectivity index (χ0) is 19.0. The van der Waals surface area contributed by atoms with Crippen LogP contribution in [0.5, 0.6) is 0 Å². The van der Waals surface area contributed by atoms with E-state index in [0.29, 0.717) is 22.7 Å². The SMILES string of the molecule is C[C@H](Nc1ncnc(N)c1N)c1nc2ccc(F)cc2n1-c1ccccc1. The van der Waals surface area contributed by atoms with Crippen molar-refractivity contribution in [3.8, 4) is 5.69 Å². The van der Waals surface area contributed by atoms with E-state index in [0.717, 1.165) is 5.69 Å². The molecule has 2 heterocycles. The van der Waals surface area contributed by atoms with Gasteiger partial charge in [0.2, 0.25) is 0 Å². The van der Waals surface area contributed by atoms with Gasteiger partial charge in [0.1, 0.15) is 23.7 Å². The Labute approximate surface area is 154 Å². The van der Waals surface area contributed by atoms with Crippen LogP contribution in [0.4, 0.5) is 21.7 Å². The average Bonchev–Trinajstić information content (AvgIpc) is 3.05. The fourth-order valence-electron chi connectivity index (χ4n) is 3.00. The van der Waals surface area contributed by atoms with Crippen molar-refractivity contribution in [3.05, 3.63) is 66.5 Å². The summed E-state index contributed by atoms with van der Waals surface area (Å²) in [5.74, 6) is 1.00. The summed E-state index contributed by atoms with van der Waals surface area (Å²) in [6.07, 6.45) is 1.34. The molecule has 0 aliphatic rings. The number of anilines is 3. The van der Waals surface area contributed by atoms with Gasteiger partial charge in [0.25, 0.3) is 0 Å². The van der Waals surface area contributed by atoms with E-state index in [1.54, 1.807) is 6.07 Å². The monoisotopic (exact) mass is 363 g/mol. The Morgan fingerprint density at radius 3 is 2.63 bits per heavy atom. The van der Waals surface area contributed by atoms with Gasteiger partial charge in [0, 0.05) is 11.8 Å². The Hall–Kier alpha value is -3.68. The van der Waals surface area contributed by atoms with Crippen molar-refractivity contribution in [1.82, 2.24) is 19.5 Å². The van der Waals surface area contributed by atoms with Gasteiger partial charge < -0.3 is 16.8 Å². The summed E-state index contributed by atoms with van der Waals surface area (Å²) in [5, 5.41) is 3.22. The summed E-state index contributed by atoms with van der Waals surface area (Å²) in [6.45, 7) is 1.93. The minimum Gasteiger partial charge on any atom is -0.393 e. The number of nitrogens with zero attached hydrogens (tertiary/aromatic N) is 4. The summed E-state index contributed by atoms with van der Waals surface area (Å²) in [7, 11) is 0. The van der Waals surface area contributed by atoms with Crippen molar-refractivity contribution in [1.29, 1.82) is 0 Å². The molecule has 0 unspecified atom stereocenters. The predicted molar refractivity (Wildman–Crippen MR) is 104 cm³/mol. The lowest BCUT2D eigenvalue weighted by Gasteiger charge is -2.18. The fraction of sp³-hybridized carbons (Fsp3) is 0.105. The molecule has 0 radical (unpaired) electrons. The van der Waals surface area contributed by atoms with Crippen molar-refractivity contribution in [2.75, 3.05) is 16.8 Å². The number of imidazole rings is 1. The van der Waals surface area contributed by atoms with E-state index in [1.807, 2.05) is 41.8 Å². The Morgan fingerprint density at radius 1 is 1.07 bits per heavy atom. The molecule has 5 N–H and O–H groups in total. The Kier molecular flexibility index (Phi) is 4.08. The fourth-order valence-corrected chi connectivity index (χ4v) is 3.00. The highest BCUT2D eigenvalue weighted by Crippen LogP contribution is 2.29. The van der Waals surface area contributed by atoms with Gasteiger partial charge in [-0.3, -0.25) is 4.57 Å². The van der Waals surface area contributed by atoms with Crippen molar-refractivity contribution in [2.24, 2.45) is 0 Å². The highest BCUT2D eigenvalue weighted by molar-refractivity contribution is 5.79. The second-order valence-electron chi connectivity index (χ2n) is 6.16. The average molecular weight is 363 g/mol. The van der Waals surface area contributed by atoms with Gasteiger partial charge in [-0.2, -0.15) is 0 Å². The third-order valence-electron chi connectivity index (χ3n) is 4.31. The van der Waals surface area contributed by atoms with E-state index >= 15 is 0 Å². The molecule has 1 atom stereocenters. The van der Waals surface area contributed by atoms with Crippen LogP contribution in [0.25, 0.3) is 16.7 Å². The molecule has 0 saturated heterocycles. The normalized spacial score (nSPS) is 12.2. The maximum atomic E-state index is 13.9. The molecule has 2 aromatic carbocycles. The molecule has 2 aromatic heterocycles. The topological polar surface area (TPSA) is 108 Å². The van der Waals surface area contributed by atoms with Crippen molar-refractivity contribution in [2.45, 2.75) is 13.0 Å². The molecule has 4 aromatic rings. The summed E-state index contributed by atoms with van der Waals surface area (Å²) in [6, 6.07) is 13.9. The van der Waals surface area contributed by atoms with Crippen LogP contribution in [0.15, 0.2) is 54.9 Å². The number of halogens is 1. The second-order valence-corrected chi connectivity index (χ2v) is 6.16. The molecule has 4 rings (SSSR count). The number of aromatic nitrogens is 4. The number of para-hydroxylation sites is 1. The zero-order valence-electron chi connectivity index (χ0n) is 14.6. The molecular formula is C19H18FN7. The number of hydrogen-bond donors (Lipinski definition) is 3. The standard InChI is InChI=1S/C19H18FN7/c1-11(25-18-16(21)17(22)23-10-24-18)19-26-14-8-7-12(20)9-15(14)27(19)13-5-3-2-4-6-13/h2-11H,21H2,1H3,(H3,22,23,24,25)/t11-/m0/s1. The number of hydrogen-bond acceptors (Lipinski definition) is 6. The molecule has 8 heteroatoms. The summed E-state index contributed by atoms with van der Waals surface area (Å²) in [5.41, 5.74) is 14.2. The first kappa shape index (κ1) is 16.8. The molecule has 27 heavy (non-hydrogen) atoms. The Morgan fingerprint density at radius 2 is 1.85 bits per heavy atom. The van der Waals surface area contributed by atoms with E-state index in [1.165, 1.54) is 18.5 Å². The van der Waals surface area contributed by atoms with Crippen LogP contribution < -0.4 is 16.8 Å². The summed E-state index contributed by atoms with van der Waals surface area (Å²) in [4.78, 5) is 12.7. The largest absolute Gasteiger partial charge is 0.393 e. The van der Waals surface area contributed by atoms with Crippen LogP contribution in [0.2, 0.25) is 0 Å². The highest BCUT2D eigenvalue weighted by Gasteiger charge is 2.20. The van der Waals surface area contributed by atoms with Gasteiger partial charge in [-0.1, -0.05) is 18.2 Å². The minimum absolute atomic E-state index is 0.207. The Balaban J connectivity index is 1.84.